The lowest BCUT2D eigenvalue weighted by Gasteiger charge is -2.19. The Bertz CT molecular complexity index is 750. The molecule has 0 aliphatic heterocycles. The molecule has 1 saturated carbocycles. The van der Waals surface area contributed by atoms with Crippen molar-refractivity contribution in [2.75, 3.05) is 0 Å². The Morgan fingerprint density at radius 1 is 1.12 bits per heavy atom. The van der Waals surface area contributed by atoms with Crippen LogP contribution in [0.1, 0.15) is 44.2 Å². The van der Waals surface area contributed by atoms with E-state index < -0.39 is 5.60 Å². The van der Waals surface area contributed by atoms with Gasteiger partial charge in [-0.25, -0.2) is 4.79 Å². The summed E-state index contributed by atoms with van der Waals surface area (Å²) in [6.07, 6.45) is 0.595. The second-order valence-corrected chi connectivity index (χ2v) is 8.49. The van der Waals surface area contributed by atoms with Gasteiger partial charge in [0.1, 0.15) is 18.0 Å². The zero-order valence-corrected chi connectivity index (χ0v) is 16.9. The summed E-state index contributed by atoms with van der Waals surface area (Å²) in [6, 6.07) is 16.3. The lowest BCUT2D eigenvalue weighted by Crippen LogP contribution is -2.34. The topological polar surface area (TPSA) is 47.6 Å². The Morgan fingerprint density at radius 3 is 2.38 bits per heavy atom. The van der Waals surface area contributed by atoms with Crippen LogP contribution in [-0.4, -0.2) is 17.7 Å². The van der Waals surface area contributed by atoms with Gasteiger partial charge in [-0.2, -0.15) is 0 Å². The third kappa shape index (κ3) is 5.49. The molecule has 2 aromatic carbocycles. The minimum atomic E-state index is -0.470. The first-order valence-corrected chi connectivity index (χ1v) is 9.56. The van der Waals surface area contributed by atoms with E-state index in [1.807, 2.05) is 57.2 Å². The van der Waals surface area contributed by atoms with Crippen LogP contribution >= 0.6 is 15.9 Å². The van der Waals surface area contributed by atoms with Gasteiger partial charge in [-0.3, -0.25) is 0 Å². The lowest BCUT2D eigenvalue weighted by atomic mass is 10.1. The fraction of sp³-hybridized carbons (Fsp3) is 0.381. The first-order chi connectivity index (χ1) is 12.3. The van der Waals surface area contributed by atoms with Crippen LogP contribution < -0.4 is 10.1 Å². The molecular weight excluding hydrogens is 394 g/mol. The normalized spacial score (nSPS) is 18.9. The van der Waals surface area contributed by atoms with E-state index in [4.69, 9.17) is 9.47 Å². The van der Waals surface area contributed by atoms with E-state index in [0.717, 1.165) is 22.2 Å². The monoisotopic (exact) mass is 417 g/mol. The van der Waals surface area contributed by atoms with Crippen molar-refractivity contribution in [3.63, 3.8) is 0 Å². The molecule has 1 aliphatic carbocycles. The Kier molecular flexibility index (Phi) is 5.56. The standard InChI is InChI=1S/C21H24BrNO3/c1-21(2,3)26-20(24)23-19-12-18(19)15-6-10-17(11-7-15)25-13-14-4-8-16(22)9-5-14/h4-11,18-19H,12-13H2,1-3H3,(H,23,24). The van der Waals surface area contributed by atoms with Gasteiger partial charge in [-0.05, 0) is 62.6 Å². The van der Waals surface area contributed by atoms with Gasteiger partial charge in [0.2, 0.25) is 0 Å². The van der Waals surface area contributed by atoms with Crippen molar-refractivity contribution in [2.45, 2.75) is 51.4 Å². The van der Waals surface area contributed by atoms with Gasteiger partial charge < -0.3 is 14.8 Å². The van der Waals surface area contributed by atoms with Crippen molar-refractivity contribution in [3.8, 4) is 5.75 Å². The minimum Gasteiger partial charge on any atom is -0.489 e. The lowest BCUT2D eigenvalue weighted by molar-refractivity contribution is 0.0523. The van der Waals surface area contributed by atoms with Gasteiger partial charge in [0.25, 0.3) is 0 Å². The van der Waals surface area contributed by atoms with Gasteiger partial charge in [-0.15, -0.1) is 0 Å². The van der Waals surface area contributed by atoms with Crippen LogP contribution in [0, 0.1) is 0 Å². The van der Waals surface area contributed by atoms with Crippen molar-refractivity contribution in [3.05, 3.63) is 64.1 Å². The molecule has 4 nitrogen and oxygen atoms in total. The summed E-state index contributed by atoms with van der Waals surface area (Å²) in [5.41, 5.74) is 1.87. The number of halogens is 1. The van der Waals surface area contributed by atoms with E-state index in [-0.39, 0.29) is 12.1 Å². The maximum atomic E-state index is 11.8. The average molecular weight is 418 g/mol. The Labute approximate surface area is 163 Å². The Balaban J connectivity index is 1.48. The summed E-state index contributed by atoms with van der Waals surface area (Å²) >= 11 is 3.43. The van der Waals surface area contributed by atoms with Gasteiger partial charge in [0.05, 0.1) is 0 Å². The predicted octanol–water partition coefficient (Wildman–Crippen LogP) is 5.41. The van der Waals surface area contributed by atoms with Crippen molar-refractivity contribution in [1.82, 2.24) is 5.32 Å². The number of carbonyl (C=O) groups excluding carboxylic acids is 1. The zero-order chi connectivity index (χ0) is 18.7. The second-order valence-electron chi connectivity index (χ2n) is 7.58. The van der Waals surface area contributed by atoms with Gasteiger partial charge in [-0.1, -0.05) is 40.2 Å². The summed E-state index contributed by atoms with van der Waals surface area (Å²) < 4.78 is 12.2. The molecule has 1 fully saturated rings. The molecular formula is C21H24BrNO3. The summed E-state index contributed by atoms with van der Waals surface area (Å²) in [4.78, 5) is 11.8. The van der Waals surface area contributed by atoms with Crippen molar-refractivity contribution in [1.29, 1.82) is 0 Å². The number of carbonyl (C=O) groups is 1. The first kappa shape index (κ1) is 18.8. The Morgan fingerprint density at radius 2 is 1.77 bits per heavy atom. The Hall–Kier alpha value is -2.01. The highest BCUT2D eigenvalue weighted by atomic mass is 79.9. The number of ether oxygens (including phenoxy) is 2. The van der Waals surface area contributed by atoms with E-state index in [9.17, 15) is 4.79 Å². The highest BCUT2D eigenvalue weighted by molar-refractivity contribution is 9.10. The van der Waals surface area contributed by atoms with Gasteiger partial charge in [0.15, 0.2) is 0 Å². The summed E-state index contributed by atoms with van der Waals surface area (Å²) in [6.45, 7) is 6.14. The molecule has 2 atom stereocenters. The SMILES string of the molecule is CC(C)(C)OC(=O)NC1CC1c1ccc(OCc2ccc(Br)cc2)cc1. The van der Waals surface area contributed by atoms with Crippen LogP contribution in [0.5, 0.6) is 5.75 Å². The number of nitrogens with one attached hydrogen (secondary N) is 1. The zero-order valence-electron chi connectivity index (χ0n) is 15.3. The van der Waals surface area contributed by atoms with E-state index in [1.54, 1.807) is 0 Å². The average Bonchev–Trinajstić information content (AvgIpc) is 3.32. The number of amides is 1. The quantitative estimate of drug-likeness (QED) is 0.707. The molecule has 2 unspecified atom stereocenters. The first-order valence-electron chi connectivity index (χ1n) is 8.77. The maximum absolute atomic E-state index is 11.8. The summed E-state index contributed by atoms with van der Waals surface area (Å²) in [7, 11) is 0. The third-order valence-electron chi connectivity index (χ3n) is 4.12. The molecule has 26 heavy (non-hydrogen) atoms. The molecule has 2 aromatic rings. The number of hydrogen-bond donors (Lipinski definition) is 1. The van der Waals surface area contributed by atoms with Crippen LogP contribution in [0.3, 0.4) is 0 Å². The second kappa shape index (κ2) is 7.70. The molecule has 1 N–H and O–H groups in total. The molecule has 138 valence electrons. The maximum Gasteiger partial charge on any atom is 0.407 e. The van der Waals surface area contributed by atoms with Crippen LogP contribution in [0.2, 0.25) is 0 Å². The summed E-state index contributed by atoms with van der Waals surface area (Å²) in [5, 5.41) is 2.93. The fourth-order valence-corrected chi connectivity index (χ4v) is 3.00. The molecule has 0 saturated heterocycles. The van der Waals surface area contributed by atoms with Crippen LogP contribution in [-0.2, 0) is 11.3 Å². The van der Waals surface area contributed by atoms with E-state index >= 15 is 0 Å². The van der Waals surface area contributed by atoms with Gasteiger partial charge in [0, 0.05) is 16.4 Å². The van der Waals surface area contributed by atoms with Crippen molar-refractivity contribution < 1.29 is 14.3 Å². The van der Waals surface area contributed by atoms with Crippen LogP contribution in [0.25, 0.3) is 0 Å². The molecule has 0 radical (unpaired) electrons. The molecule has 1 amide bonds. The number of hydrogen-bond acceptors (Lipinski definition) is 3. The molecule has 1 aliphatic rings. The smallest absolute Gasteiger partial charge is 0.407 e. The van der Waals surface area contributed by atoms with Crippen LogP contribution in [0.15, 0.2) is 53.0 Å². The molecule has 0 heterocycles. The molecule has 0 bridgehead atoms. The number of benzene rings is 2. The molecule has 5 heteroatoms. The highest BCUT2D eigenvalue weighted by Gasteiger charge is 2.40. The van der Waals surface area contributed by atoms with E-state index in [0.29, 0.717) is 12.5 Å². The van der Waals surface area contributed by atoms with E-state index in [2.05, 4.69) is 33.4 Å². The largest absolute Gasteiger partial charge is 0.489 e. The number of alkyl carbamates (subject to hydrolysis) is 1. The number of rotatable bonds is 5. The van der Waals surface area contributed by atoms with Crippen LogP contribution in [0.4, 0.5) is 4.79 Å². The summed E-state index contributed by atoms with van der Waals surface area (Å²) in [5.74, 6) is 1.19. The molecule has 0 spiro atoms. The predicted molar refractivity (Wildman–Crippen MR) is 105 cm³/mol. The molecule has 3 rings (SSSR count). The minimum absolute atomic E-state index is 0.152. The van der Waals surface area contributed by atoms with Crippen molar-refractivity contribution in [2.24, 2.45) is 0 Å². The highest BCUT2D eigenvalue weighted by Crippen LogP contribution is 2.41. The van der Waals surface area contributed by atoms with Crippen molar-refractivity contribution >= 4 is 22.0 Å². The fourth-order valence-electron chi connectivity index (χ4n) is 2.74. The van der Waals surface area contributed by atoms with Gasteiger partial charge >= 0.3 is 6.09 Å². The third-order valence-corrected chi connectivity index (χ3v) is 4.65. The van der Waals surface area contributed by atoms with E-state index in [1.165, 1.54) is 5.56 Å². The molecule has 0 aromatic heterocycles.